The van der Waals surface area contributed by atoms with Crippen molar-refractivity contribution in [2.75, 3.05) is 85.9 Å². The van der Waals surface area contributed by atoms with Gasteiger partial charge < -0.3 is 47.2 Å². The Morgan fingerprint density at radius 3 is 1.49 bits per heavy atom. The molecule has 3 aromatic heterocycles. The molecule has 20 nitrogen and oxygen atoms in total. The Balaban J connectivity index is 0.000000174. The Morgan fingerprint density at radius 1 is 0.560 bits per heavy atom. The Bertz CT molecular complexity index is 4400. The number of amides is 5. The van der Waals surface area contributed by atoms with Crippen molar-refractivity contribution >= 4 is 91.9 Å². The number of benzene rings is 7. The molecular weight excluding hydrogens is 1170 g/mol. The lowest BCUT2D eigenvalue weighted by Crippen LogP contribution is -2.43. The minimum atomic E-state index is -1.11. The van der Waals surface area contributed by atoms with E-state index in [2.05, 4.69) is 58.7 Å². The number of hydrogen-bond acceptors (Lipinski definition) is 14. The fourth-order valence-corrected chi connectivity index (χ4v) is 10.1. The standard InChI is InChI=1S/C33H30F2N8O2.C24H24F2N6O3.C10H9N/c1-19-11-12-21(31(44)39-27-16-20-7-4-5-8-22(20)17-37-27)15-23(19)28-24-18-38-33(45)43(29-25(34)9-6-10-26(29)35)30(24)41-32(40-28)36-13-14-42(2)3;1-13-7-8-14(22(33)34)11-15(13)19-16-12-28-24(35)32(20-17(25)5-4-6-18(20)26)21(16)30-23(29-19)27-9-10-31(2)3;11-10-6-5-8-3-1-2-4-9(8)7-10/h4-12,15-17H,13-14,18H2,1-3H3,(H,38,45)(H,36,40,41)(H,37,39,44);4-8,11H,9-10,12H2,1-3H3,(H,28,35)(H,33,34)(H,27,29,30);1-7H,11H2. The fourth-order valence-electron chi connectivity index (χ4n) is 10.1. The summed E-state index contributed by atoms with van der Waals surface area (Å²) in [6.07, 6.45) is 1.70. The smallest absolute Gasteiger partial charge is 0.335 e. The molecule has 5 amide bonds. The highest BCUT2D eigenvalue weighted by Gasteiger charge is 2.36. The van der Waals surface area contributed by atoms with E-state index in [0.717, 1.165) is 61.7 Å². The van der Waals surface area contributed by atoms with Crippen LogP contribution in [0, 0.1) is 37.1 Å². The van der Waals surface area contributed by atoms with E-state index >= 15 is 8.78 Å². The number of carboxylic acids is 1. The zero-order chi connectivity index (χ0) is 64.6. The quantitative estimate of drug-likeness (QED) is 0.0372. The van der Waals surface area contributed by atoms with Crippen molar-refractivity contribution in [1.29, 1.82) is 0 Å². The number of nitrogens with two attached hydrogens (primary N) is 1. The van der Waals surface area contributed by atoms with Gasteiger partial charge in [-0.15, -0.1) is 0 Å². The Labute approximate surface area is 520 Å². The minimum Gasteiger partial charge on any atom is -0.478 e. The van der Waals surface area contributed by atoms with Crippen LogP contribution in [0.5, 0.6) is 0 Å². The number of nitrogens with one attached hydrogen (secondary N) is 5. The van der Waals surface area contributed by atoms with Gasteiger partial charge in [0.15, 0.2) is 11.6 Å². The average molecular weight is 1230 g/mol. The molecule has 0 bridgehead atoms. The van der Waals surface area contributed by atoms with Crippen molar-refractivity contribution < 1.29 is 41.8 Å². The van der Waals surface area contributed by atoms with Crippen LogP contribution in [0.3, 0.4) is 0 Å². The van der Waals surface area contributed by atoms with Crippen LogP contribution in [0.1, 0.15) is 43.0 Å². The summed E-state index contributed by atoms with van der Waals surface area (Å²) >= 11 is 0. The number of carboxylic acid groups (broad SMARTS) is 1. The van der Waals surface area contributed by atoms with E-state index in [1.807, 2.05) is 99.5 Å². The second kappa shape index (κ2) is 27.5. The first-order valence-corrected chi connectivity index (χ1v) is 28.7. The van der Waals surface area contributed by atoms with Crippen LogP contribution in [-0.2, 0) is 13.1 Å². The van der Waals surface area contributed by atoms with Crippen LogP contribution in [0.4, 0.5) is 73.6 Å². The summed E-state index contributed by atoms with van der Waals surface area (Å²) in [6.45, 7) is 5.88. The lowest BCUT2D eigenvalue weighted by Gasteiger charge is -2.31. The molecule has 0 atom stereocenters. The van der Waals surface area contributed by atoms with Crippen LogP contribution in [0.15, 0.2) is 152 Å². The third-order valence-electron chi connectivity index (χ3n) is 14.8. The van der Waals surface area contributed by atoms with E-state index in [1.54, 1.807) is 43.5 Å². The number of para-hydroxylation sites is 2. The number of urea groups is 2. The number of carbonyl (C=O) groups excluding carboxylic acids is 3. The zero-order valence-corrected chi connectivity index (χ0v) is 50.4. The maximum Gasteiger partial charge on any atom is 0.335 e. The van der Waals surface area contributed by atoms with Crippen LogP contribution in [0.2, 0.25) is 0 Å². The normalized spacial score (nSPS) is 12.5. The number of rotatable bonds is 15. The SMILES string of the molecule is Cc1ccc(C(=O)Nc2cc3ccccc3cn2)cc1-c1nc(NCCN(C)C)nc2c1CNC(=O)N2c1c(F)cccc1F.Cc1ccc(C(=O)O)cc1-c1nc(NCCN(C)C)nc2c1CNC(=O)N2c1c(F)cccc1F.Nc1ccc2ccccc2c1. The molecule has 0 radical (unpaired) electrons. The fraction of sp³-hybridized carbons (Fsp3) is 0.179. The molecule has 2 aliphatic heterocycles. The lowest BCUT2D eigenvalue weighted by molar-refractivity contribution is 0.0696. The van der Waals surface area contributed by atoms with Crippen molar-refractivity contribution in [3.05, 3.63) is 208 Å². The number of hydrogen-bond donors (Lipinski definition) is 7. The van der Waals surface area contributed by atoms with Gasteiger partial charge in [-0.3, -0.25) is 4.79 Å². The molecule has 91 heavy (non-hydrogen) atoms. The van der Waals surface area contributed by atoms with Crippen LogP contribution in [0.25, 0.3) is 44.1 Å². The maximum atomic E-state index is 15.0. The molecule has 0 saturated heterocycles. The van der Waals surface area contributed by atoms with Gasteiger partial charge in [0.2, 0.25) is 11.9 Å². The molecule has 0 fully saturated rings. The maximum absolute atomic E-state index is 15.0. The number of aromatic carboxylic acids is 1. The predicted octanol–water partition coefficient (Wildman–Crippen LogP) is 12.1. The summed E-state index contributed by atoms with van der Waals surface area (Å²) in [7, 11) is 7.63. The molecule has 7 aromatic carbocycles. The molecular formula is C67H63F4N15O5. The summed E-state index contributed by atoms with van der Waals surface area (Å²) in [5.74, 6) is -4.44. The number of carbonyl (C=O) groups is 4. The lowest BCUT2D eigenvalue weighted by atomic mass is 9.97. The zero-order valence-electron chi connectivity index (χ0n) is 50.4. The van der Waals surface area contributed by atoms with Crippen LogP contribution in [-0.4, -0.2) is 118 Å². The van der Waals surface area contributed by atoms with E-state index in [1.165, 1.54) is 35.0 Å². The monoisotopic (exact) mass is 1230 g/mol. The van der Waals surface area contributed by atoms with Gasteiger partial charge in [0, 0.05) is 71.3 Å². The molecule has 0 unspecified atom stereocenters. The first kappa shape index (κ1) is 62.9. The third kappa shape index (κ3) is 14.3. The number of aryl methyl sites for hydroxylation is 2. The average Bonchev–Trinajstić information content (AvgIpc) is 0.954. The van der Waals surface area contributed by atoms with Crippen molar-refractivity contribution in [2.45, 2.75) is 26.9 Å². The summed E-state index contributed by atoms with van der Waals surface area (Å²) < 4.78 is 59.5. The molecule has 0 saturated carbocycles. The number of likely N-dealkylation sites (N-methyl/N-ethyl adjacent to an activating group) is 2. The molecule has 12 rings (SSSR count). The largest absolute Gasteiger partial charge is 0.478 e. The Kier molecular flexibility index (Phi) is 19.0. The number of halogens is 4. The highest BCUT2D eigenvalue weighted by atomic mass is 19.1. The first-order chi connectivity index (χ1) is 43.7. The van der Waals surface area contributed by atoms with E-state index in [0.29, 0.717) is 71.2 Å². The Hall–Kier alpha value is -11.1. The van der Waals surface area contributed by atoms with Gasteiger partial charge in [-0.1, -0.05) is 78.9 Å². The van der Waals surface area contributed by atoms with Crippen molar-refractivity contribution in [3.8, 4) is 22.5 Å². The molecule has 2 aliphatic rings. The first-order valence-electron chi connectivity index (χ1n) is 28.7. The van der Waals surface area contributed by atoms with E-state index in [9.17, 15) is 33.1 Å². The summed E-state index contributed by atoms with van der Waals surface area (Å²) in [5, 5.41) is 28.2. The predicted molar refractivity (Wildman–Crippen MR) is 345 cm³/mol. The van der Waals surface area contributed by atoms with Gasteiger partial charge in [0.25, 0.3) is 5.91 Å². The number of nitrogens with zero attached hydrogens (tertiary/aromatic N) is 9. The van der Waals surface area contributed by atoms with Gasteiger partial charge in [0.05, 0.1) is 30.0 Å². The van der Waals surface area contributed by atoms with Gasteiger partial charge >= 0.3 is 18.0 Å². The number of anilines is 8. The minimum absolute atomic E-state index is 0.00488. The number of aromatic nitrogens is 5. The number of fused-ring (bicyclic) bond motifs is 4. The molecule has 0 spiro atoms. The van der Waals surface area contributed by atoms with E-state index in [-0.39, 0.29) is 48.1 Å². The third-order valence-corrected chi connectivity index (χ3v) is 14.8. The number of pyridine rings is 1. The highest BCUT2D eigenvalue weighted by molar-refractivity contribution is 6.06. The van der Waals surface area contributed by atoms with Gasteiger partial charge in [0.1, 0.15) is 40.5 Å². The molecule has 5 heterocycles. The second-order valence-corrected chi connectivity index (χ2v) is 21.8. The molecule has 24 heteroatoms. The van der Waals surface area contributed by atoms with Crippen LogP contribution >= 0.6 is 0 Å². The van der Waals surface area contributed by atoms with Gasteiger partial charge in [-0.25, -0.2) is 56.7 Å². The molecule has 464 valence electrons. The van der Waals surface area contributed by atoms with Crippen molar-refractivity contribution in [3.63, 3.8) is 0 Å². The molecule has 10 aromatic rings. The molecule has 0 aliphatic carbocycles. The number of nitrogen functional groups attached to an aromatic ring is 1. The van der Waals surface area contributed by atoms with Gasteiger partial charge in [-0.05, 0) is 136 Å². The van der Waals surface area contributed by atoms with Crippen molar-refractivity contribution in [1.82, 2.24) is 45.4 Å². The van der Waals surface area contributed by atoms with Gasteiger partial charge in [-0.2, -0.15) is 9.97 Å². The summed E-state index contributed by atoms with van der Waals surface area (Å²) in [6, 6.07) is 38.6. The Morgan fingerprint density at radius 2 is 1.01 bits per heavy atom. The topological polar surface area (TPSA) is 252 Å². The second-order valence-electron chi connectivity index (χ2n) is 21.8. The molecule has 8 N–H and O–H groups in total. The summed E-state index contributed by atoms with van der Waals surface area (Å²) in [4.78, 5) is 79.4. The van der Waals surface area contributed by atoms with E-state index < -0.39 is 52.7 Å². The highest BCUT2D eigenvalue weighted by Crippen LogP contribution is 2.41. The summed E-state index contributed by atoms with van der Waals surface area (Å²) in [5.41, 5.74) is 9.94. The van der Waals surface area contributed by atoms with Crippen molar-refractivity contribution in [2.24, 2.45) is 0 Å². The van der Waals surface area contributed by atoms with Crippen LogP contribution < -0.4 is 42.1 Å². The van der Waals surface area contributed by atoms with E-state index in [4.69, 9.17) is 10.7 Å².